The van der Waals surface area contributed by atoms with Gasteiger partial charge in [0.15, 0.2) is 0 Å². The largest absolute Gasteiger partial charge is 0.496 e. The number of hydrogen-bond acceptors (Lipinski definition) is 5. The van der Waals surface area contributed by atoms with Crippen LogP contribution >= 0.6 is 0 Å². The Kier molecular flexibility index (Phi) is 4.02. The van der Waals surface area contributed by atoms with Crippen LogP contribution in [0, 0.1) is 0 Å². The molecule has 6 heteroatoms. The van der Waals surface area contributed by atoms with Crippen molar-refractivity contribution in [3.05, 3.63) is 23.9 Å². The fraction of sp³-hybridized carbons (Fsp3) is 0.529. The van der Waals surface area contributed by atoms with Crippen molar-refractivity contribution in [2.45, 2.75) is 44.2 Å². The van der Waals surface area contributed by atoms with Crippen molar-refractivity contribution in [1.29, 1.82) is 0 Å². The van der Waals surface area contributed by atoms with Crippen LogP contribution in [-0.4, -0.2) is 40.7 Å². The lowest BCUT2D eigenvalue weighted by molar-refractivity contribution is 0.00191. The number of rotatable bonds is 3. The first-order valence-corrected chi connectivity index (χ1v) is 7.81. The van der Waals surface area contributed by atoms with E-state index in [1.165, 1.54) is 14.2 Å². The third-order valence-electron chi connectivity index (χ3n) is 4.55. The maximum absolute atomic E-state index is 11.9. The van der Waals surface area contributed by atoms with E-state index >= 15 is 0 Å². The van der Waals surface area contributed by atoms with Gasteiger partial charge in [-0.1, -0.05) is 0 Å². The van der Waals surface area contributed by atoms with Crippen LogP contribution in [0.5, 0.6) is 5.75 Å². The summed E-state index contributed by atoms with van der Waals surface area (Å²) >= 11 is 0. The highest BCUT2D eigenvalue weighted by molar-refractivity contribution is 5.97. The van der Waals surface area contributed by atoms with E-state index in [0.717, 1.165) is 30.2 Å². The van der Waals surface area contributed by atoms with E-state index < -0.39 is 11.6 Å². The molecular formula is C17H22N2O4. The highest BCUT2D eigenvalue weighted by Gasteiger charge is 2.31. The van der Waals surface area contributed by atoms with E-state index in [2.05, 4.69) is 5.10 Å². The molecule has 0 radical (unpaired) electrons. The summed E-state index contributed by atoms with van der Waals surface area (Å²) in [7, 11) is 2.86. The van der Waals surface area contributed by atoms with Gasteiger partial charge in [-0.15, -0.1) is 0 Å². The van der Waals surface area contributed by atoms with Gasteiger partial charge in [-0.25, -0.2) is 4.79 Å². The van der Waals surface area contributed by atoms with Crippen molar-refractivity contribution in [3.63, 3.8) is 0 Å². The molecule has 0 amide bonds. The molecule has 1 fully saturated rings. The topological polar surface area (TPSA) is 73.6 Å². The number of carbonyl (C=O) groups is 1. The zero-order chi connectivity index (χ0) is 16.6. The molecule has 1 aromatic carbocycles. The maximum atomic E-state index is 11.9. The molecular weight excluding hydrogens is 296 g/mol. The van der Waals surface area contributed by atoms with Crippen molar-refractivity contribution in [1.82, 2.24) is 9.78 Å². The van der Waals surface area contributed by atoms with Gasteiger partial charge in [0.25, 0.3) is 0 Å². The summed E-state index contributed by atoms with van der Waals surface area (Å²) in [4.78, 5) is 11.9. The van der Waals surface area contributed by atoms with Gasteiger partial charge in [0.05, 0.1) is 31.4 Å². The monoisotopic (exact) mass is 318 g/mol. The van der Waals surface area contributed by atoms with E-state index in [-0.39, 0.29) is 6.04 Å². The summed E-state index contributed by atoms with van der Waals surface area (Å²) in [6.45, 7) is 1.88. The smallest absolute Gasteiger partial charge is 0.341 e. The number of hydrogen-bond donors (Lipinski definition) is 1. The van der Waals surface area contributed by atoms with E-state index in [1.807, 2.05) is 17.8 Å². The first-order valence-electron chi connectivity index (χ1n) is 7.81. The van der Waals surface area contributed by atoms with Crippen LogP contribution in [0.4, 0.5) is 0 Å². The number of methoxy groups -OCH3 is 2. The van der Waals surface area contributed by atoms with Crippen LogP contribution in [0.3, 0.4) is 0 Å². The van der Waals surface area contributed by atoms with E-state index in [4.69, 9.17) is 9.47 Å². The minimum atomic E-state index is -0.643. The second-order valence-corrected chi connectivity index (χ2v) is 6.46. The Morgan fingerprint density at radius 2 is 2.22 bits per heavy atom. The Labute approximate surface area is 135 Å². The summed E-state index contributed by atoms with van der Waals surface area (Å²) in [6.07, 6.45) is 5.40. The van der Waals surface area contributed by atoms with Crippen LogP contribution < -0.4 is 4.74 Å². The summed E-state index contributed by atoms with van der Waals surface area (Å²) < 4.78 is 12.0. The summed E-state index contributed by atoms with van der Waals surface area (Å²) in [5, 5.41) is 15.8. The lowest BCUT2D eigenvalue weighted by Crippen LogP contribution is -2.33. The Morgan fingerprint density at radius 1 is 1.43 bits per heavy atom. The van der Waals surface area contributed by atoms with Crippen molar-refractivity contribution in [2.24, 2.45) is 0 Å². The van der Waals surface area contributed by atoms with Gasteiger partial charge in [-0.3, -0.25) is 4.68 Å². The molecule has 0 spiro atoms. The molecule has 1 N–H and O–H groups in total. The quantitative estimate of drug-likeness (QED) is 0.881. The molecule has 1 heterocycles. The zero-order valence-corrected chi connectivity index (χ0v) is 13.7. The van der Waals surface area contributed by atoms with Gasteiger partial charge in [-0.2, -0.15) is 5.10 Å². The molecule has 0 saturated heterocycles. The number of fused-ring (bicyclic) bond motifs is 1. The van der Waals surface area contributed by atoms with Gasteiger partial charge in [0, 0.05) is 17.6 Å². The molecule has 2 atom stereocenters. The van der Waals surface area contributed by atoms with Crippen molar-refractivity contribution in [3.8, 4) is 5.75 Å². The number of carbonyl (C=O) groups excluding carboxylic acids is 1. The molecule has 23 heavy (non-hydrogen) atoms. The van der Waals surface area contributed by atoms with Gasteiger partial charge in [0.1, 0.15) is 11.3 Å². The predicted molar refractivity (Wildman–Crippen MR) is 85.8 cm³/mol. The molecule has 1 aliphatic carbocycles. The van der Waals surface area contributed by atoms with Crippen LogP contribution in [-0.2, 0) is 4.74 Å². The molecule has 1 aliphatic rings. The Morgan fingerprint density at radius 3 is 2.87 bits per heavy atom. The third kappa shape index (κ3) is 3.03. The second kappa shape index (κ2) is 5.85. The molecule has 2 aromatic rings. The number of aromatic nitrogens is 2. The van der Waals surface area contributed by atoms with Crippen LogP contribution in [0.15, 0.2) is 18.3 Å². The van der Waals surface area contributed by atoms with Crippen LogP contribution in [0.25, 0.3) is 10.9 Å². The normalized spacial score (nSPS) is 24.6. The molecule has 0 aliphatic heterocycles. The van der Waals surface area contributed by atoms with E-state index in [1.54, 1.807) is 12.1 Å². The molecule has 0 bridgehead atoms. The minimum absolute atomic E-state index is 0.165. The number of nitrogens with zero attached hydrogens (tertiary/aromatic N) is 2. The van der Waals surface area contributed by atoms with Gasteiger partial charge < -0.3 is 14.6 Å². The highest BCUT2D eigenvalue weighted by atomic mass is 16.5. The molecule has 0 unspecified atom stereocenters. The summed E-state index contributed by atoms with van der Waals surface area (Å²) in [5.41, 5.74) is 0.507. The number of ether oxygens (including phenoxy) is 2. The lowest BCUT2D eigenvalue weighted by atomic mass is 9.83. The lowest BCUT2D eigenvalue weighted by Gasteiger charge is -2.33. The summed E-state index contributed by atoms with van der Waals surface area (Å²) in [6, 6.07) is 3.66. The molecule has 1 aromatic heterocycles. The maximum Gasteiger partial charge on any atom is 0.341 e. The first kappa shape index (κ1) is 15.8. The molecule has 124 valence electrons. The fourth-order valence-electron chi connectivity index (χ4n) is 3.35. The highest BCUT2D eigenvalue weighted by Crippen LogP contribution is 2.36. The molecule has 6 nitrogen and oxygen atoms in total. The number of aliphatic hydroxyl groups is 1. The van der Waals surface area contributed by atoms with E-state index in [9.17, 15) is 9.90 Å². The SMILES string of the molecule is COC(=O)c1cc2cn([C@H]3CCC[C@](C)(O)C3)nc2cc1OC. The summed E-state index contributed by atoms with van der Waals surface area (Å²) in [5.74, 6) is 0.0161. The Hall–Kier alpha value is -2.08. The standard InChI is InChI=1S/C17H22N2O4/c1-17(21)6-4-5-12(9-17)19-10-11-7-13(16(20)23-3)15(22-2)8-14(11)18-19/h7-8,10,12,21H,4-6,9H2,1-3H3/t12-,17-/m0/s1. The average Bonchev–Trinajstić information content (AvgIpc) is 2.94. The van der Waals surface area contributed by atoms with Crippen molar-refractivity contribution < 1.29 is 19.4 Å². The van der Waals surface area contributed by atoms with Crippen molar-refractivity contribution >= 4 is 16.9 Å². The van der Waals surface area contributed by atoms with Crippen molar-refractivity contribution in [2.75, 3.05) is 14.2 Å². The third-order valence-corrected chi connectivity index (χ3v) is 4.55. The minimum Gasteiger partial charge on any atom is -0.496 e. The Balaban J connectivity index is 2.00. The first-order chi connectivity index (χ1) is 10.9. The Bertz CT molecular complexity index is 736. The van der Waals surface area contributed by atoms with Gasteiger partial charge in [0.2, 0.25) is 0 Å². The average molecular weight is 318 g/mol. The van der Waals surface area contributed by atoms with Crippen LogP contribution in [0.2, 0.25) is 0 Å². The zero-order valence-electron chi connectivity index (χ0n) is 13.7. The number of benzene rings is 1. The van der Waals surface area contributed by atoms with Gasteiger partial charge in [-0.05, 0) is 38.7 Å². The second-order valence-electron chi connectivity index (χ2n) is 6.46. The molecule has 1 saturated carbocycles. The molecule has 3 rings (SSSR count). The van der Waals surface area contributed by atoms with E-state index in [0.29, 0.717) is 17.7 Å². The fourth-order valence-corrected chi connectivity index (χ4v) is 3.35. The number of esters is 1. The predicted octanol–water partition coefficient (Wildman–Crippen LogP) is 2.70. The van der Waals surface area contributed by atoms with Crippen LogP contribution in [0.1, 0.15) is 49.0 Å². The van der Waals surface area contributed by atoms with Gasteiger partial charge >= 0.3 is 5.97 Å².